The van der Waals surface area contributed by atoms with Crippen molar-refractivity contribution in [1.29, 1.82) is 0 Å². The Kier molecular flexibility index (Phi) is 18.2. The maximum Gasteiger partial charge on any atom is 0.305 e. The number of likely N-dealkylation sites (N-methyl/N-ethyl adjacent to an activating group) is 1. The van der Waals surface area contributed by atoms with Gasteiger partial charge in [0.1, 0.15) is 26.3 Å². The highest BCUT2D eigenvalue weighted by Gasteiger charge is 2.17. The molecule has 0 saturated carbocycles. The Morgan fingerprint density at radius 2 is 0.931 bits per heavy atom. The molecule has 5 nitrogen and oxygen atoms in total. The summed E-state index contributed by atoms with van der Waals surface area (Å²) in [5.74, 6) is -0.184. The van der Waals surface area contributed by atoms with Crippen molar-refractivity contribution >= 4 is 11.9 Å². The summed E-state index contributed by atoms with van der Waals surface area (Å²) in [6.07, 6.45) is 15.1. The van der Waals surface area contributed by atoms with Crippen LogP contribution in [0, 0.1) is 0 Å². The van der Waals surface area contributed by atoms with Gasteiger partial charge in [-0.1, -0.05) is 78.1 Å². The van der Waals surface area contributed by atoms with Crippen LogP contribution in [0.15, 0.2) is 0 Å². The van der Waals surface area contributed by atoms with Gasteiger partial charge in [0.25, 0.3) is 0 Å². The van der Waals surface area contributed by atoms with E-state index in [0.717, 1.165) is 38.8 Å². The fraction of sp³-hybridized carbons (Fsp3) is 0.917. The summed E-state index contributed by atoms with van der Waals surface area (Å²) in [5, 5.41) is 0. The summed E-state index contributed by atoms with van der Waals surface area (Å²) in [4.78, 5) is 23.6. The van der Waals surface area contributed by atoms with Crippen LogP contribution in [0.25, 0.3) is 0 Å². The summed E-state index contributed by atoms with van der Waals surface area (Å²) in [6, 6.07) is 0. The Bertz CT molecular complexity index is 374. The zero-order valence-electron chi connectivity index (χ0n) is 19.8. The summed E-state index contributed by atoms with van der Waals surface area (Å²) in [7, 11) is 4.15. The minimum Gasteiger partial charge on any atom is -0.460 e. The van der Waals surface area contributed by atoms with Crippen molar-refractivity contribution < 1.29 is 23.5 Å². The van der Waals surface area contributed by atoms with Gasteiger partial charge in [0.15, 0.2) is 0 Å². The molecule has 0 atom stereocenters. The molecule has 0 radical (unpaired) electrons. The molecule has 0 aromatic rings. The largest absolute Gasteiger partial charge is 0.460 e. The zero-order chi connectivity index (χ0) is 21.8. The van der Waals surface area contributed by atoms with Crippen LogP contribution in [-0.2, 0) is 19.1 Å². The minimum absolute atomic E-state index is 0.0918. The van der Waals surface area contributed by atoms with Crippen LogP contribution in [0.3, 0.4) is 0 Å². The first-order valence-electron chi connectivity index (χ1n) is 12.0. The molecule has 29 heavy (non-hydrogen) atoms. The lowest BCUT2D eigenvalue weighted by Crippen LogP contribution is -2.45. The van der Waals surface area contributed by atoms with E-state index in [1.807, 2.05) is 0 Å². The number of ether oxygens (including phenoxy) is 2. The standard InChI is InChI=1S/C24H48NO4/c1-5-7-9-11-13-15-17-23(26)28-21-19-25(3,4)20-22-29-24(27)18-16-14-12-10-8-6-2/h5-22H2,1-4H3/q+1. The third-order valence-corrected chi connectivity index (χ3v) is 5.39. The first-order valence-corrected chi connectivity index (χ1v) is 12.0. The number of hydrogen-bond donors (Lipinski definition) is 0. The van der Waals surface area contributed by atoms with Crippen LogP contribution in [0.4, 0.5) is 0 Å². The van der Waals surface area contributed by atoms with Crippen molar-refractivity contribution in [2.45, 2.75) is 104 Å². The highest BCUT2D eigenvalue weighted by Crippen LogP contribution is 2.09. The quantitative estimate of drug-likeness (QED) is 0.147. The third-order valence-electron chi connectivity index (χ3n) is 5.39. The van der Waals surface area contributed by atoms with Crippen molar-refractivity contribution in [3.63, 3.8) is 0 Å². The normalized spacial score (nSPS) is 11.4. The number of carbonyl (C=O) groups excluding carboxylic acids is 2. The molecule has 0 aliphatic carbocycles. The van der Waals surface area contributed by atoms with Crippen LogP contribution >= 0.6 is 0 Å². The zero-order valence-corrected chi connectivity index (χ0v) is 19.8. The average molecular weight is 415 g/mol. The Morgan fingerprint density at radius 1 is 0.586 bits per heavy atom. The van der Waals surface area contributed by atoms with Crippen molar-refractivity contribution in [2.75, 3.05) is 40.4 Å². The van der Waals surface area contributed by atoms with Gasteiger partial charge in [-0.3, -0.25) is 9.59 Å². The molecule has 0 N–H and O–H groups in total. The number of rotatable bonds is 20. The molecular formula is C24H48NO4+. The highest BCUT2D eigenvalue weighted by atomic mass is 16.5. The second-order valence-electron chi connectivity index (χ2n) is 8.86. The molecule has 0 aliphatic rings. The first kappa shape index (κ1) is 27.9. The molecule has 0 aromatic heterocycles. The summed E-state index contributed by atoms with van der Waals surface area (Å²) in [5.41, 5.74) is 0. The Hall–Kier alpha value is -1.10. The fourth-order valence-electron chi connectivity index (χ4n) is 3.17. The number of quaternary nitrogens is 1. The van der Waals surface area contributed by atoms with E-state index in [1.54, 1.807) is 0 Å². The maximum atomic E-state index is 11.8. The second kappa shape index (κ2) is 18.9. The molecule has 0 heterocycles. The second-order valence-corrected chi connectivity index (χ2v) is 8.86. The van der Waals surface area contributed by atoms with E-state index in [0.29, 0.717) is 30.5 Å². The number of nitrogens with zero attached hydrogens (tertiary/aromatic N) is 1. The Balaban J connectivity index is 3.64. The molecule has 0 aromatic carbocycles. The molecule has 0 saturated heterocycles. The van der Waals surface area contributed by atoms with Gasteiger partial charge in [-0.25, -0.2) is 0 Å². The van der Waals surface area contributed by atoms with E-state index in [9.17, 15) is 9.59 Å². The van der Waals surface area contributed by atoms with Crippen molar-refractivity contribution in [1.82, 2.24) is 0 Å². The van der Waals surface area contributed by atoms with Crippen LogP contribution in [-0.4, -0.2) is 56.8 Å². The van der Waals surface area contributed by atoms with E-state index in [4.69, 9.17) is 9.47 Å². The summed E-state index contributed by atoms with van der Waals surface area (Å²) >= 11 is 0. The van der Waals surface area contributed by atoms with E-state index in [1.165, 1.54) is 51.4 Å². The average Bonchev–Trinajstić information content (AvgIpc) is 2.67. The van der Waals surface area contributed by atoms with E-state index in [2.05, 4.69) is 27.9 Å². The van der Waals surface area contributed by atoms with Gasteiger partial charge in [-0.15, -0.1) is 0 Å². The predicted octanol–water partition coefficient (Wildman–Crippen LogP) is 5.65. The third kappa shape index (κ3) is 20.0. The summed E-state index contributed by atoms with van der Waals surface area (Å²) in [6.45, 7) is 6.73. The lowest BCUT2D eigenvalue weighted by Gasteiger charge is -2.29. The van der Waals surface area contributed by atoms with Gasteiger partial charge >= 0.3 is 11.9 Å². The maximum absolute atomic E-state index is 11.8. The molecule has 0 bridgehead atoms. The van der Waals surface area contributed by atoms with Crippen molar-refractivity contribution in [2.24, 2.45) is 0 Å². The van der Waals surface area contributed by atoms with Crippen LogP contribution in [0.1, 0.15) is 104 Å². The molecular weight excluding hydrogens is 366 g/mol. The van der Waals surface area contributed by atoms with E-state index >= 15 is 0 Å². The lowest BCUT2D eigenvalue weighted by atomic mass is 10.1. The monoisotopic (exact) mass is 414 g/mol. The molecule has 0 aliphatic heterocycles. The van der Waals surface area contributed by atoms with Crippen molar-refractivity contribution in [3.05, 3.63) is 0 Å². The molecule has 0 amide bonds. The predicted molar refractivity (Wildman–Crippen MR) is 120 cm³/mol. The van der Waals surface area contributed by atoms with Gasteiger partial charge in [0, 0.05) is 12.8 Å². The van der Waals surface area contributed by atoms with Gasteiger partial charge in [0.05, 0.1) is 14.1 Å². The lowest BCUT2D eigenvalue weighted by molar-refractivity contribution is -0.890. The minimum atomic E-state index is -0.0918. The molecule has 0 rings (SSSR count). The molecule has 0 fully saturated rings. The van der Waals surface area contributed by atoms with Gasteiger partial charge in [-0.05, 0) is 12.8 Å². The number of carbonyl (C=O) groups is 2. The number of esters is 2. The molecule has 5 heteroatoms. The molecule has 172 valence electrons. The van der Waals surface area contributed by atoms with Crippen LogP contribution in [0.5, 0.6) is 0 Å². The fourth-order valence-corrected chi connectivity index (χ4v) is 3.17. The Morgan fingerprint density at radius 3 is 1.31 bits per heavy atom. The topological polar surface area (TPSA) is 52.6 Å². The number of hydrogen-bond acceptors (Lipinski definition) is 4. The molecule has 0 unspecified atom stereocenters. The van der Waals surface area contributed by atoms with E-state index < -0.39 is 0 Å². The van der Waals surface area contributed by atoms with Crippen LogP contribution in [0.2, 0.25) is 0 Å². The van der Waals surface area contributed by atoms with Crippen molar-refractivity contribution in [3.8, 4) is 0 Å². The summed E-state index contributed by atoms with van der Waals surface area (Å²) < 4.78 is 11.4. The van der Waals surface area contributed by atoms with Crippen LogP contribution < -0.4 is 0 Å². The Labute approximate surface area is 180 Å². The van der Waals surface area contributed by atoms with E-state index in [-0.39, 0.29) is 11.9 Å². The highest BCUT2D eigenvalue weighted by molar-refractivity contribution is 5.69. The first-order chi connectivity index (χ1) is 13.9. The number of unbranched alkanes of at least 4 members (excludes halogenated alkanes) is 10. The van der Waals surface area contributed by atoms with Gasteiger partial charge < -0.3 is 14.0 Å². The molecule has 0 spiro atoms. The van der Waals surface area contributed by atoms with Gasteiger partial charge in [0.2, 0.25) is 0 Å². The van der Waals surface area contributed by atoms with Gasteiger partial charge in [-0.2, -0.15) is 0 Å². The smallest absolute Gasteiger partial charge is 0.305 e. The SMILES string of the molecule is CCCCCCCCC(=O)OCC[N+](C)(C)CCOC(=O)CCCCCCCC.